The van der Waals surface area contributed by atoms with E-state index in [1.807, 2.05) is 43.9 Å². The predicted octanol–water partition coefficient (Wildman–Crippen LogP) is 2.99. The average Bonchev–Trinajstić information content (AvgIpc) is 2.49. The van der Waals surface area contributed by atoms with Gasteiger partial charge in [-0.25, -0.2) is 0 Å². The molecule has 1 unspecified atom stereocenters. The quantitative estimate of drug-likeness (QED) is 0.761. The Morgan fingerprint density at radius 3 is 2.52 bits per heavy atom. The van der Waals surface area contributed by atoms with Gasteiger partial charge < -0.3 is 15.0 Å². The maximum absolute atomic E-state index is 12.0. The Bertz CT molecular complexity index is 431. The van der Waals surface area contributed by atoms with E-state index in [1.54, 1.807) is 0 Å². The van der Waals surface area contributed by atoms with Crippen molar-refractivity contribution in [1.29, 1.82) is 0 Å². The Hall–Kier alpha value is -1.55. The first kappa shape index (κ1) is 17.5. The number of para-hydroxylation sites is 1. The van der Waals surface area contributed by atoms with Crippen LogP contribution in [0.4, 0.5) is 0 Å². The molecule has 0 bridgehead atoms. The number of benzene rings is 1. The molecule has 0 aliphatic carbocycles. The Labute approximate surface area is 128 Å². The van der Waals surface area contributed by atoms with Crippen molar-refractivity contribution < 1.29 is 9.53 Å². The van der Waals surface area contributed by atoms with Crippen molar-refractivity contribution in [2.45, 2.75) is 40.2 Å². The molecule has 21 heavy (non-hydrogen) atoms. The fraction of sp³-hybridized carbons (Fsp3) is 0.588. The normalized spacial score (nSPS) is 12.0. The number of carbonyl (C=O) groups is 1. The van der Waals surface area contributed by atoms with Gasteiger partial charge in [0.1, 0.15) is 5.75 Å². The molecule has 4 heteroatoms. The zero-order valence-electron chi connectivity index (χ0n) is 13.7. The van der Waals surface area contributed by atoms with Gasteiger partial charge in [-0.05, 0) is 33.8 Å². The number of rotatable bonds is 9. The molecule has 0 aliphatic heterocycles. The second-order valence-corrected chi connectivity index (χ2v) is 4.96. The Morgan fingerprint density at radius 2 is 1.90 bits per heavy atom. The molecule has 1 amide bonds. The molecule has 1 aromatic carbocycles. The van der Waals surface area contributed by atoms with Crippen LogP contribution in [0.2, 0.25) is 0 Å². The average molecular weight is 292 g/mol. The summed E-state index contributed by atoms with van der Waals surface area (Å²) in [4.78, 5) is 13.8. The molecule has 1 atom stereocenters. The van der Waals surface area contributed by atoms with Gasteiger partial charge in [0.2, 0.25) is 5.91 Å². The van der Waals surface area contributed by atoms with E-state index >= 15 is 0 Å². The van der Waals surface area contributed by atoms with E-state index in [0.717, 1.165) is 24.4 Å². The van der Waals surface area contributed by atoms with E-state index in [1.165, 1.54) is 0 Å². The third kappa shape index (κ3) is 5.38. The van der Waals surface area contributed by atoms with Crippen LogP contribution in [-0.2, 0) is 4.79 Å². The summed E-state index contributed by atoms with van der Waals surface area (Å²) in [5, 5.41) is 3.40. The van der Waals surface area contributed by atoms with E-state index in [2.05, 4.69) is 18.3 Å². The van der Waals surface area contributed by atoms with Gasteiger partial charge in [0.15, 0.2) is 0 Å². The van der Waals surface area contributed by atoms with Gasteiger partial charge >= 0.3 is 0 Å². The largest absolute Gasteiger partial charge is 0.494 e. The first-order chi connectivity index (χ1) is 10.1. The number of hydrogen-bond acceptors (Lipinski definition) is 3. The van der Waals surface area contributed by atoms with E-state index < -0.39 is 0 Å². The maximum Gasteiger partial charge on any atom is 0.223 e. The fourth-order valence-electron chi connectivity index (χ4n) is 2.37. The molecule has 0 aliphatic rings. The van der Waals surface area contributed by atoms with Gasteiger partial charge in [-0.3, -0.25) is 4.79 Å². The zero-order chi connectivity index (χ0) is 15.7. The third-order valence-corrected chi connectivity index (χ3v) is 3.59. The van der Waals surface area contributed by atoms with Crippen LogP contribution >= 0.6 is 0 Å². The van der Waals surface area contributed by atoms with Crippen LogP contribution in [0.3, 0.4) is 0 Å². The van der Waals surface area contributed by atoms with Crippen molar-refractivity contribution in [3.05, 3.63) is 29.8 Å². The summed E-state index contributed by atoms with van der Waals surface area (Å²) < 4.78 is 5.64. The van der Waals surface area contributed by atoms with Crippen LogP contribution in [0.25, 0.3) is 0 Å². The van der Waals surface area contributed by atoms with Crippen molar-refractivity contribution in [2.24, 2.45) is 0 Å². The summed E-state index contributed by atoms with van der Waals surface area (Å²) in [6, 6.07) is 8.20. The Morgan fingerprint density at radius 1 is 1.24 bits per heavy atom. The zero-order valence-corrected chi connectivity index (χ0v) is 13.7. The number of amides is 1. The molecule has 0 saturated heterocycles. The van der Waals surface area contributed by atoms with Gasteiger partial charge in [0.05, 0.1) is 6.61 Å². The van der Waals surface area contributed by atoms with Gasteiger partial charge in [-0.2, -0.15) is 0 Å². The molecule has 0 radical (unpaired) electrons. The number of hydrogen-bond donors (Lipinski definition) is 1. The van der Waals surface area contributed by atoms with Crippen LogP contribution in [0.5, 0.6) is 5.75 Å². The topological polar surface area (TPSA) is 41.6 Å². The molecule has 0 saturated carbocycles. The molecule has 0 spiro atoms. The number of ether oxygens (including phenoxy) is 1. The van der Waals surface area contributed by atoms with E-state index in [0.29, 0.717) is 19.6 Å². The molecule has 1 N–H and O–H groups in total. The first-order valence-electron chi connectivity index (χ1n) is 7.86. The number of nitrogens with one attached hydrogen (secondary N) is 1. The standard InChI is InChI=1S/C17H28N2O2/c1-5-19(6-2)17(20)12-13-18-14(4)15-10-8-9-11-16(15)21-7-3/h8-11,14,18H,5-7,12-13H2,1-4H3. The van der Waals surface area contributed by atoms with Crippen LogP contribution in [0.15, 0.2) is 24.3 Å². The lowest BCUT2D eigenvalue weighted by atomic mass is 10.1. The first-order valence-corrected chi connectivity index (χ1v) is 7.86. The van der Waals surface area contributed by atoms with E-state index in [9.17, 15) is 4.79 Å². The van der Waals surface area contributed by atoms with Crippen LogP contribution < -0.4 is 10.1 Å². The summed E-state index contributed by atoms with van der Waals surface area (Å²) >= 11 is 0. The van der Waals surface area contributed by atoms with E-state index in [-0.39, 0.29) is 11.9 Å². The van der Waals surface area contributed by atoms with Gasteiger partial charge in [-0.15, -0.1) is 0 Å². The summed E-state index contributed by atoms with van der Waals surface area (Å²) in [5.74, 6) is 1.12. The van der Waals surface area contributed by atoms with Crippen molar-refractivity contribution in [2.75, 3.05) is 26.2 Å². The number of carbonyl (C=O) groups excluding carboxylic acids is 1. The highest BCUT2D eigenvalue weighted by Crippen LogP contribution is 2.24. The molecule has 0 heterocycles. The highest BCUT2D eigenvalue weighted by Gasteiger charge is 2.13. The second-order valence-electron chi connectivity index (χ2n) is 4.96. The van der Waals surface area contributed by atoms with Crippen molar-refractivity contribution in [3.63, 3.8) is 0 Å². The lowest BCUT2D eigenvalue weighted by Gasteiger charge is -2.21. The maximum atomic E-state index is 12.0. The summed E-state index contributed by atoms with van der Waals surface area (Å²) in [7, 11) is 0. The molecular formula is C17H28N2O2. The van der Waals surface area contributed by atoms with Gasteiger partial charge in [-0.1, -0.05) is 18.2 Å². The fourth-order valence-corrected chi connectivity index (χ4v) is 2.37. The lowest BCUT2D eigenvalue weighted by Crippen LogP contribution is -2.33. The van der Waals surface area contributed by atoms with Crippen molar-refractivity contribution in [1.82, 2.24) is 10.2 Å². The minimum atomic E-state index is 0.164. The number of nitrogens with zero attached hydrogens (tertiary/aromatic N) is 1. The third-order valence-electron chi connectivity index (χ3n) is 3.59. The van der Waals surface area contributed by atoms with Crippen molar-refractivity contribution in [3.8, 4) is 5.75 Å². The lowest BCUT2D eigenvalue weighted by molar-refractivity contribution is -0.130. The summed E-state index contributed by atoms with van der Waals surface area (Å²) in [6.45, 7) is 11.0. The molecule has 1 aromatic rings. The summed E-state index contributed by atoms with van der Waals surface area (Å²) in [5.41, 5.74) is 1.13. The molecule has 0 aromatic heterocycles. The van der Waals surface area contributed by atoms with Crippen LogP contribution in [-0.4, -0.2) is 37.0 Å². The van der Waals surface area contributed by atoms with Gasteiger partial charge in [0.25, 0.3) is 0 Å². The SMILES string of the molecule is CCOc1ccccc1C(C)NCCC(=O)N(CC)CC. The highest BCUT2D eigenvalue weighted by atomic mass is 16.5. The molecule has 118 valence electrons. The molecule has 1 rings (SSSR count). The predicted molar refractivity (Wildman–Crippen MR) is 86.6 cm³/mol. The van der Waals surface area contributed by atoms with Crippen molar-refractivity contribution >= 4 is 5.91 Å². The summed E-state index contributed by atoms with van der Waals surface area (Å²) in [6.07, 6.45) is 0.531. The Kier molecular flexibility index (Phi) is 7.83. The molecular weight excluding hydrogens is 264 g/mol. The minimum absolute atomic E-state index is 0.164. The second kappa shape index (κ2) is 9.40. The Balaban J connectivity index is 2.51. The van der Waals surface area contributed by atoms with Gasteiger partial charge in [0, 0.05) is 37.7 Å². The highest BCUT2D eigenvalue weighted by molar-refractivity contribution is 5.76. The van der Waals surface area contributed by atoms with Crippen LogP contribution in [0.1, 0.15) is 45.7 Å². The van der Waals surface area contributed by atoms with E-state index in [4.69, 9.17) is 4.74 Å². The monoisotopic (exact) mass is 292 g/mol. The molecule has 0 fully saturated rings. The molecule has 4 nitrogen and oxygen atoms in total. The smallest absolute Gasteiger partial charge is 0.223 e. The van der Waals surface area contributed by atoms with Crippen LogP contribution in [0, 0.1) is 0 Å². The minimum Gasteiger partial charge on any atom is -0.494 e.